The van der Waals surface area contributed by atoms with E-state index in [9.17, 15) is 14.0 Å². The van der Waals surface area contributed by atoms with Crippen LogP contribution in [0.4, 0.5) is 4.39 Å². The average molecular weight is 352 g/mol. The van der Waals surface area contributed by atoms with Gasteiger partial charge in [-0.25, -0.2) is 9.37 Å². The fourth-order valence-electron chi connectivity index (χ4n) is 3.29. The normalized spacial score (nSPS) is 17.4. The van der Waals surface area contributed by atoms with Crippen molar-refractivity contribution in [1.82, 2.24) is 19.8 Å². The molecule has 1 aromatic carbocycles. The zero-order valence-electron chi connectivity index (χ0n) is 14.1. The standard InChI is InChI=1S/C19H17FN4O2/c1-23-9-7-12-5-6-15(22-17(12)23)19(26)24-10-8-21-18(25)16(24)13-3-2-4-14(20)11-13/h2-7,9,11,16H,8,10H2,1H3,(H,21,25). The van der Waals surface area contributed by atoms with E-state index < -0.39 is 11.9 Å². The number of hydrogen-bond acceptors (Lipinski definition) is 3. The number of carbonyl (C=O) groups excluding carboxylic acids is 2. The van der Waals surface area contributed by atoms with Gasteiger partial charge in [0.05, 0.1) is 0 Å². The molecule has 0 spiro atoms. The van der Waals surface area contributed by atoms with E-state index in [-0.39, 0.29) is 17.5 Å². The number of rotatable bonds is 2. The zero-order chi connectivity index (χ0) is 18.3. The molecule has 0 radical (unpaired) electrons. The maximum Gasteiger partial charge on any atom is 0.273 e. The Morgan fingerprint density at radius 2 is 2.12 bits per heavy atom. The minimum absolute atomic E-state index is 0.260. The lowest BCUT2D eigenvalue weighted by Gasteiger charge is -2.35. The van der Waals surface area contributed by atoms with E-state index in [0.29, 0.717) is 24.3 Å². The maximum absolute atomic E-state index is 13.6. The monoisotopic (exact) mass is 352 g/mol. The van der Waals surface area contributed by atoms with Gasteiger partial charge in [-0.05, 0) is 35.9 Å². The Hall–Kier alpha value is -3.22. The molecule has 1 aliphatic rings. The number of nitrogens with one attached hydrogen (secondary N) is 1. The van der Waals surface area contributed by atoms with Gasteiger partial charge in [-0.1, -0.05) is 12.1 Å². The van der Waals surface area contributed by atoms with Gasteiger partial charge in [0.1, 0.15) is 23.2 Å². The number of carbonyl (C=O) groups is 2. The number of hydrogen-bond donors (Lipinski definition) is 1. The molecule has 1 atom stereocenters. The predicted octanol–water partition coefficient (Wildman–Crippen LogP) is 2.03. The molecule has 1 aliphatic heterocycles. The Labute approximate surface area is 149 Å². The molecule has 1 unspecified atom stereocenters. The summed E-state index contributed by atoms with van der Waals surface area (Å²) in [6, 6.07) is 10.3. The molecule has 0 aliphatic carbocycles. The summed E-state index contributed by atoms with van der Waals surface area (Å²) in [6.45, 7) is 0.682. The van der Waals surface area contributed by atoms with Gasteiger partial charge >= 0.3 is 0 Å². The van der Waals surface area contributed by atoms with Crippen molar-refractivity contribution in [2.75, 3.05) is 13.1 Å². The number of piperazine rings is 1. The molecule has 4 rings (SSSR count). The number of aromatic nitrogens is 2. The molecule has 132 valence electrons. The summed E-state index contributed by atoms with van der Waals surface area (Å²) in [5, 5.41) is 3.67. The SMILES string of the molecule is Cn1ccc2ccc(C(=O)N3CCNC(=O)C3c3cccc(F)c3)nc21. The first kappa shape index (κ1) is 16.3. The molecular formula is C19H17FN4O2. The molecule has 3 aromatic rings. The second-order valence-corrected chi connectivity index (χ2v) is 6.28. The van der Waals surface area contributed by atoms with Gasteiger partial charge in [0.15, 0.2) is 0 Å². The van der Waals surface area contributed by atoms with Crippen LogP contribution in [-0.4, -0.2) is 39.4 Å². The highest BCUT2D eigenvalue weighted by Gasteiger charge is 2.35. The highest BCUT2D eigenvalue weighted by molar-refractivity contribution is 5.98. The molecular weight excluding hydrogens is 335 g/mol. The number of benzene rings is 1. The van der Waals surface area contributed by atoms with Crippen molar-refractivity contribution in [2.24, 2.45) is 7.05 Å². The number of halogens is 1. The zero-order valence-corrected chi connectivity index (χ0v) is 14.1. The summed E-state index contributed by atoms with van der Waals surface area (Å²) in [7, 11) is 1.85. The summed E-state index contributed by atoms with van der Waals surface area (Å²) < 4.78 is 15.5. The molecule has 2 aromatic heterocycles. The molecule has 7 heteroatoms. The predicted molar refractivity (Wildman–Crippen MR) is 93.9 cm³/mol. The van der Waals surface area contributed by atoms with Crippen LogP contribution in [0.5, 0.6) is 0 Å². The lowest BCUT2D eigenvalue weighted by molar-refractivity contribution is -0.128. The van der Waals surface area contributed by atoms with Gasteiger partial charge < -0.3 is 14.8 Å². The number of nitrogens with zero attached hydrogens (tertiary/aromatic N) is 3. The van der Waals surface area contributed by atoms with E-state index in [2.05, 4.69) is 10.3 Å². The van der Waals surface area contributed by atoms with Gasteiger partial charge in [-0.15, -0.1) is 0 Å². The summed E-state index contributed by atoms with van der Waals surface area (Å²) >= 11 is 0. The summed E-state index contributed by atoms with van der Waals surface area (Å²) in [5.41, 5.74) is 1.39. The smallest absolute Gasteiger partial charge is 0.273 e. The molecule has 3 heterocycles. The first-order valence-electron chi connectivity index (χ1n) is 8.31. The molecule has 0 saturated carbocycles. The van der Waals surface area contributed by atoms with E-state index >= 15 is 0 Å². The molecule has 1 saturated heterocycles. The van der Waals surface area contributed by atoms with Gasteiger partial charge in [-0.3, -0.25) is 9.59 Å². The molecule has 6 nitrogen and oxygen atoms in total. The molecule has 0 bridgehead atoms. The van der Waals surface area contributed by atoms with Crippen molar-refractivity contribution in [1.29, 1.82) is 0 Å². The van der Waals surface area contributed by atoms with Crippen LogP contribution in [0.1, 0.15) is 22.1 Å². The lowest BCUT2D eigenvalue weighted by Crippen LogP contribution is -2.52. The third-order valence-electron chi connectivity index (χ3n) is 4.57. The fourth-order valence-corrected chi connectivity index (χ4v) is 3.29. The molecule has 1 fully saturated rings. The van der Waals surface area contributed by atoms with Gasteiger partial charge in [0.25, 0.3) is 5.91 Å². The second kappa shape index (κ2) is 6.25. The Bertz CT molecular complexity index is 1010. The number of amides is 2. The summed E-state index contributed by atoms with van der Waals surface area (Å²) in [5.74, 6) is -1.12. The van der Waals surface area contributed by atoms with Crippen LogP contribution in [0.3, 0.4) is 0 Å². The van der Waals surface area contributed by atoms with Gasteiger partial charge in [0, 0.05) is 31.7 Å². The van der Waals surface area contributed by atoms with Crippen LogP contribution >= 0.6 is 0 Å². The lowest BCUT2D eigenvalue weighted by atomic mass is 10.0. The highest BCUT2D eigenvalue weighted by atomic mass is 19.1. The van der Waals surface area contributed by atoms with Crippen molar-refractivity contribution >= 4 is 22.8 Å². The fraction of sp³-hybridized carbons (Fsp3) is 0.211. The van der Waals surface area contributed by atoms with Gasteiger partial charge in [-0.2, -0.15) is 0 Å². The van der Waals surface area contributed by atoms with E-state index in [4.69, 9.17) is 0 Å². The van der Waals surface area contributed by atoms with Gasteiger partial charge in [0.2, 0.25) is 5.91 Å². The topological polar surface area (TPSA) is 67.2 Å². The highest BCUT2D eigenvalue weighted by Crippen LogP contribution is 2.26. The second-order valence-electron chi connectivity index (χ2n) is 6.28. The first-order chi connectivity index (χ1) is 12.5. The van der Waals surface area contributed by atoms with Crippen molar-refractivity contribution in [3.05, 3.63) is 65.7 Å². The Morgan fingerprint density at radius 3 is 2.92 bits per heavy atom. The average Bonchev–Trinajstić information content (AvgIpc) is 3.01. The van der Waals surface area contributed by atoms with Crippen molar-refractivity contribution in [3.63, 3.8) is 0 Å². The number of pyridine rings is 1. The van der Waals surface area contributed by atoms with Crippen LogP contribution in [0.15, 0.2) is 48.7 Å². The van der Waals surface area contributed by atoms with Crippen molar-refractivity contribution in [3.8, 4) is 0 Å². The van der Waals surface area contributed by atoms with Crippen LogP contribution in [0.2, 0.25) is 0 Å². The van der Waals surface area contributed by atoms with Crippen LogP contribution in [0, 0.1) is 5.82 Å². The summed E-state index contributed by atoms with van der Waals surface area (Å²) in [4.78, 5) is 31.4. The first-order valence-corrected chi connectivity index (χ1v) is 8.31. The van der Waals surface area contributed by atoms with Crippen LogP contribution in [0.25, 0.3) is 11.0 Å². The Morgan fingerprint density at radius 1 is 1.27 bits per heavy atom. The Balaban J connectivity index is 1.73. The minimum Gasteiger partial charge on any atom is -0.352 e. The van der Waals surface area contributed by atoms with Crippen molar-refractivity contribution < 1.29 is 14.0 Å². The molecule has 2 amide bonds. The van der Waals surface area contributed by atoms with E-state index in [1.165, 1.54) is 23.1 Å². The van der Waals surface area contributed by atoms with Crippen LogP contribution < -0.4 is 5.32 Å². The Kier molecular flexibility index (Phi) is 3.91. The maximum atomic E-state index is 13.6. The quantitative estimate of drug-likeness (QED) is 0.767. The third-order valence-corrected chi connectivity index (χ3v) is 4.57. The number of fused-ring (bicyclic) bond motifs is 1. The number of aryl methyl sites for hydroxylation is 1. The van der Waals surface area contributed by atoms with Crippen molar-refractivity contribution in [2.45, 2.75) is 6.04 Å². The summed E-state index contributed by atoms with van der Waals surface area (Å²) in [6.07, 6.45) is 1.87. The molecule has 1 N–H and O–H groups in total. The van der Waals surface area contributed by atoms with Crippen LogP contribution in [-0.2, 0) is 11.8 Å². The van der Waals surface area contributed by atoms with E-state index in [1.54, 1.807) is 12.1 Å². The van der Waals surface area contributed by atoms with E-state index in [0.717, 1.165) is 5.39 Å². The third kappa shape index (κ3) is 2.71. The molecule has 26 heavy (non-hydrogen) atoms. The largest absolute Gasteiger partial charge is 0.352 e. The van der Waals surface area contributed by atoms with E-state index in [1.807, 2.05) is 29.9 Å². The minimum atomic E-state index is -0.877.